The van der Waals surface area contributed by atoms with Gasteiger partial charge in [0.05, 0.1) is 12.8 Å². The van der Waals surface area contributed by atoms with Gasteiger partial charge in [0.15, 0.2) is 0 Å². The lowest BCUT2D eigenvalue weighted by Gasteiger charge is -2.32. The number of allylic oxidation sites excluding steroid dienone is 1. The van der Waals surface area contributed by atoms with Crippen molar-refractivity contribution in [2.75, 3.05) is 26.4 Å². The van der Waals surface area contributed by atoms with E-state index in [0.717, 1.165) is 35.4 Å². The Morgan fingerprint density at radius 1 is 1.00 bits per heavy atom. The van der Waals surface area contributed by atoms with Crippen molar-refractivity contribution in [2.24, 2.45) is 0 Å². The van der Waals surface area contributed by atoms with Crippen LogP contribution in [0.3, 0.4) is 0 Å². The number of hydrogen-bond donors (Lipinski definition) is 1. The normalized spacial score (nSPS) is 14.8. The van der Waals surface area contributed by atoms with Gasteiger partial charge in [-0.1, -0.05) is 72.3 Å². The molecule has 1 aliphatic carbocycles. The summed E-state index contributed by atoms with van der Waals surface area (Å²) in [6.07, 6.45) is 8.65. The van der Waals surface area contributed by atoms with Crippen LogP contribution in [0.2, 0.25) is 0 Å². The van der Waals surface area contributed by atoms with E-state index >= 15 is 0 Å². The van der Waals surface area contributed by atoms with Crippen LogP contribution in [-0.4, -0.2) is 55.8 Å². The predicted octanol–water partition coefficient (Wildman–Crippen LogP) is 3.65. The lowest BCUT2D eigenvalue weighted by atomic mass is 9.97. The van der Waals surface area contributed by atoms with E-state index in [1.807, 2.05) is 60.7 Å². The third-order valence-corrected chi connectivity index (χ3v) is 7.51. The third kappa shape index (κ3) is 8.04. The molecule has 0 saturated heterocycles. The highest BCUT2D eigenvalue weighted by Crippen LogP contribution is 2.25. The van der Waals surface area contributed by atoms with Crippen molar-refractivity contribution >= 4 is 21.8 Å². The first-order valence-electron chi connectivity index (χ1n) is 12.0. The van der Waals surface area contributed by atoms with Crippen molar-refractivity contribution in [3.8, 4) is 0 Å². The largest absolute Gasteiger partial charge is 0.354 e. The minimum atomic E-state index is -3.56. The van der Waals surface area contributed by atoms with E-state index in [9.17, 15) is 18.0 Å². The number of benzene rings is 2. The second-order valence-corrected chi connectivity index (χ2v) is 11.1. The maximum atomic E-state index is 13.5. The molecular formula is C27H35N3O4S. The zero-order chi connectivity index (χ0) is 25.3. The first-order valence-corrected chi connectivity index (χ1v) is 13.9. The van der Waals surface area contributed by atoms with Gasteiger partial charge in [-0.15, -0.1) is 0 Å². The Balaban J connectivity index is 1.88. The minimum Gasteiger partial charge on any atom is -0.354 e. The van der Waals surface area contributed by atoms with E-state index in [0.29, 0.717) is 12.1 Å². The molecule has 35 heavy (non-hydrogen) atoms. The number of nitrogens with one attached hydrogen (secondary N) is 1. The fourth-order valence-electron chi connectivity index (χ4n) is 4.18. The van der Waals surface area contributed by atoms with Gasteiger partial charge in [-0.05, 0) is 43.2 Å². The molecule has 1 atom stereocenters. The Labute approximate surface area is 208 Å². The molecule has 0 radical (unpaired) electrons. The van der Waals surface area contributed by atoms with Crippen LogP contribution in [0, 0.1) is 0 Å². The van der Waals surface area contributed by atoms with E-state index < -0.39 is 22.0 Å². The number of likely N-dealkylation sites (N-methyl/N-ethyl adjacent to an activating group) is 1. The summed E-state index contributed by atoms with van der Waals surface area (Å²) in [4.78, 5) is 28.5. The molecule has 0 unspecified atom stereocenters. The lowest BCUT2D eigenvalue weighted by Crippen LogP contribution is -2.47. The van der Waals surface area contributed by atoms with Crippen molar-refractivity contribution in [1.29, 1.82) is 0 Å². The van der Waals surface area contributed by atoms with Crippen molar-refractivity contribution in [3.05, 3.63) is 83.4 Å². The standard InChI is InChI=1S/C27H35N3O4S/c1-29(35(2,33)34)21-25(31)30(20-23-14-8-4-9-15-23)26(24-16-10-5-11-17-24)27(32)28-19-18-22-12-6-3-7-13-22/h4-5,8-12,14-17,26H,3,6-7,13,18-21H2,1-2H3,(H,28,32)/t26-/m1/s1. The average Bonchev–Trinajstić information content (AvgIpc) is 2.85. The Morgan fingerprint density at radius 3 is 2.26 bits per heavy atom. The molecule has 0 bridgehead atoms. The molecule has 1 aliphatic rings. The number of amides is 2. The highest BCUT2D eigenvalue weighted by Gasteiger charge is 2.32. The van der Waals surface area contributed by atoms with Crippen LogP contribution in [0.5, 0.6) is 0 Å². The summed E-state index contributed by atoms with van der Waals surface area (Å²) in [6, 6.07) is 17.7. The molecule has 0 heterocycles. The molecular weight excluding hydrogens is 462 g/mol. The van der Waals surface area contributed by atoms with Gasteiger partial charge in [0.2, 0.25) is 21.8 Å². The Bertz CT molecular complexity index is 1120. The highest BCUT2D eigenvalue weighted by atomic mass is 32.2. The summed E-state index contributed by atoms with van der Waals surface area (Å²) in [5.74, 6) is -0.723. The van der Waals surface area contributed by atoms with Gasteiger partial charge in [-0.2, -0.15) is 4.31 Å². The van der Waals surface area contributed by atoms with E-state index in [1.165, 1.54) is 30.4 Å². The zero-order valence-electron chi connectivity index (χ0n) is 20.5. The number of rotatable bonds is 11. The SMILES string of the molecule is CN(CC(=O)N(Cc1ccccc1)[C@@H](C(=O)NCCC1=CCCCC1)c1ccccc1)S(C)(=O)=O. The van der Waals surface area contributed by atoms with Gasteiger partial charge >= 0.3 is 0 Å². The van der Waals surface area contributed by atoms with Crippen molar-refractivity contribution in [3.63, 3.8) is 0 Å². The second-order valence-electron chi connectivity index (χ2n) is 8.99. The maximum Gasteiger partial charge on any atom is 0.247 e. The molecule has 0 spiro atoms. The second kappa shape index (κ2) is 12.7. The van der Waals surface area contributed by atoms with Crippen LogP contribution >= 0.6 is 0 Å². The summed E-state index contributed by atoms with van der Waals surface area (Å²) in [7, 11) is -2.20. The Hall–Kier alpha value is -2.97. The van der Waals surface area contributed by atoms with E-state index in [2.05, 4.69) is 11.4 Å². The summed E-state index contributed by atoms with van der Waals surface area (Å²) >= 11 is 0. The molecule has 7 nitrogen and oxygen atoms in total. The van der Waals surface area contributed by atoms with Gasteiger partial charge in [0.25, 0.3) is 0 Å². The first kappa shape index (κ1) is 26.6. The molecule has 8 heteroatoms. The summed E-state index contributed by atoms with van der Waals surface area (Å²) in [6.45, 7) is 0.315. The first-order chi connectivity index (χ1) is 16.8. The molecule has 0 saturated carbocycles. The van der Waals surface area contributed by atoms with E-state index in [-0.39, 0.29) is 19.0 Å². The summed E-state index contributed by atoms with van der Waals surface area (Å²) in [5.41, 5.74) is 2.89. The number of carbonyl (C=O) groups is 2. The highest BCUT2D eigenvalue weighted by molar-refractivity contribution is 7.88. The smallest absolute Gasteiger partial charge is 0.247 e. The number of carbonyl (C=O) groups excluding carboxylic acids is 2. The molecule has 2 aromatic carbocycles. The van der Waals surface area contributed by atoms with Crippen LogP contribution in [0.1, 0.15) is 49.3 Å². The lowest BCUT2D eigenvalue weighted by molar-refractivity contribution is -0.141. The fraction of sp³-hybridized carbons (Fsp3) is 0.407. The topological polar surface area (TPSA) is 86.8 Å². The zero-order valence-corrected chi connectivity index (χ0v) is 21.3. The van der Waals surface area contributed by atoms with Gasteiger partial charge in [-0.25, -0.2) is 8.42 Å². The summed E-state index contributed by atoms with van der Waals surface area (Å²) in [5, 5.41) is 3.03. The monoisotopic (exact) mass is 497 g/mol. The molecule has 188 valence electrons. The van der Waals surface area contributed by atoms with Crippen LogP contribution in [-0.2, 0) is 26.2 Å². The van der Waals surface area contributed by atoms with Crippen molar-refractivity contribution < 1.29 is 18.0 Å². The van der Waals surface area contributed by atoms with E-state index in [4.69, 9.17) is 0 Å². The van der Waals surface area contributed by atoms with E-state index in [1.54, 1.807) is 0 Å². The summed E-state index contributed by atoms with van der Waals surface area (Å²) < 4.78 is 25.0. The molecule has 0 aliphatic heterocycles. The molecule has 3 rings (SSSR count). The number of hydrogen-bond acceptors (Lipinski definition) is 4. The van der Waals surface area contributed by atoms with Crippen molar-refractivity contribution in [2.45, 2.75) is 44.7 Å². The van der Waals surface area contributed by atoms with Crippen molar-refractivity contribution in [1.82, 2.24) is 14.5 Å². The third-order valence-electron chi connectivity index (χ3n) is 6.25. The molecule has 0 aromatic heterocycles. The molecule has 2 amide bonds. The molecule has 0 fully saturated rings. The minimum absolute atomic E-state index is 0.176. The maximum absolute atomic E-state index is 13.5. The molecule has 2 aromatic rings. The Morgan fingerprint density at radius 2 is 1.66 bits per heavy atom. The van der Waals surface area contributed by atoms with Crippen LogP contribution < -0.4 is 5.32 Å². The predicted molar refractivity (Wildman–Crippen MR) is 138 cm³/mol. The van der Waals surface area contributed by atoms with Gasteiger partial charge < -0.3 is 10.2 Å². The number of nitrogens with zero attached hydrogens (tertiary/aromatic N) is 2. The van der Waals surface area contributed by atoms with Crippen LogP contribution in [0.25, 0.3) is 0 Å². The Kier molecular flexibility index (Phi) is 9.63. The number of sulfonamides is 1. The van der Waals surface area contributed by atoms with Crippen LogP contribution in [0.4, 0.5) is 0 Å². The van der Waals surface area contributed by atoms with Gasteiger partial charge in [-0.3, -0.25) is 9.59 Å². The van der Waals surface area contributed by atoms with Crippen LogP contribution in [0.15, 0.2) is 72.3 Å². The fourth-order valence-corrected chi connectivity index (χ4v) is 4.53. The quantitative estimate of drug-likeness (QED) is 0.480. The van der Waals surface area contributed by atoms with Gasteiger partial charge in [0.1, 0.15) is 6.04 Å². The average molecular weight is 498 g/mol. The molecule has 1 N–H and O–H groups in total. The van der Waals surface area contributed by atoms with Gasteiger partial charge in [0, 0.05) is 20.1 Å².